The summed E-state index contributed by atoms with van der Waals surface area (Å²) in [6.07, 6.45) is 1.19. The number of rotatable bonds is 4. The fourth-order valence-electron chi connectivity index (χ4n) is 1.80. The number of nitrogens with zero attached hydrogens (tertiary/aromatic N) is 2. The van der Waals surface area contributed by atoms with Gasteiger partial charge in [0.25, 0.3) is 10.0 Å². The van der Waals surface area contributed by atoms with Gasteiger partial charge in [-0.3, -0.25) is 4.72 Å². The molecule has 3 aromatic rings. The molecule has 0 amide bonds. The molecule has 120 valence electrons. The van der Waals surface area contributed by atoms with Crippen molar-refractivity contribution in [3.8, 4) is 5.75 Å². The molecule has 6 nitrogen and oxygen atoms in total. The van der Waals surface area contributed by atoms with Gasteiger partial charge in [-0.2, -0.15) is 0 Å². The van der Waals surface area contributed by atoms with Crippen molar-refractivity contribution in [2.75, 3.05) is 11.8 Å². The Hall–Kier alpha value is -1.42. The van der Waals surface area contributed by atoms with Gasteiger partial charge >= 0.3 is 0 Å². The molecule has 2 aromatic heterocycles. The van der Waals surface area contributed by atoms with Gasteiger partial charge < -0.3 is 4.74 Å². The van der Waals surface area contributed by atoms with Crippen molar-refractivity contribution in [3.63, 3.8) is 0 Å². The Morgan fingerprint density at radius 2 is 2.13 bits per heavy atom. The maximum absolute atomic E-state index is 12.4. The molecule has 0 fully saturated rings. The first-order chi connectivity index (χ1) is 10.9. The molecule has 0 aliphatic heterocycles. The van der Waals surface area contributed by atoms with Gasteiger partial charge in [-0.05, 0) is 40.2 Å². The second-order valence-electron chi connectivity index (χ2n) is 4.40. The van der Waals surface area contributed by atoms with Crippen LogP contribution >= 0.6 is 38.9 Å². The first kappa shape index (κ1) is 16.4. The van der Waals surface area contributed by atoms with Gasteiger partial charge in [-0.25, -0.2) is 18.4 Å². The molecule has 2 heterocycles. The molecule has 0 aliphatic rings. The number of benzene rings is 1. The van der Waals surface area contributed by atoms with Crippen molar-refractivity contribution in [1.82, 2.24) is 9.97 Å². The molecular formula is C13H9BrClN3O3S2. The highest BCUT2D eigenvalue weighted by molar-refractivity contribution is 9.10. The van der Waals surface area contributed by atoms with Gasteiger partial charge in [0.05, 0.1) is 21.8 Å². The number of aromatic nitrogens is 2. The monoisotopic (exact) mass is 433 g/mol. The standard InChI is InChI=1S/C13H9BrClN3O3S2/c1-21-7-2-3-10-11(4-7)22-13(17-10)18-23(19,20)8-5-9(14)12(15)16-6-8/h2-6H,1H3,(H,17,18). The molecule has 0 aliphatic carbocycles. The van der Waals surface area contributed by atoms with E-state index in [2.05, 4.69) is 30.6 Å². The number of nitrogens with one attached hydrogen (secondary N) is 1. The van der Waals surface area contributed by atoms with E-state index in [0.717, 1.165) is 4.70 Å². The molecule has 0 saturated carbocycles. The van der Waals surface area contributed by atoms with E-state index < -0.39 is 10.0 Å². The van der Waals surface area contributed by atoms with E-state index in [4.69, 9.17) is 16.3 Å². The Bertz CT molecular complexity index is 991. The third-order valence-corrected chi connectivity index (χ3v) is 6.40. The fourth-order valence-corrected chi connectivity index (χ4v) is 4.50. The Morgan fingerprint density at radius 1 is 1.35 bits per heavy atom. The summed E-state index contributed by atoms with van der Waals surface area (Å²) in [6.45, 7) is 0. The largest absolute Gasteiger partial charge is 0.497 e. The minimum absolute atomic E-state index is 0.00869. The highest BCUT2D eigenvalue weighted by Crippen LogP contribution is 2.31. The zero-order valence-electron chi connectivity index (χ0n) is 11.6. The normalized spacial score (nSPS) is 11.6. The van der Waals surface area contributed by atoms with Crippen LogP contribution in [0.1, 0.15) is 0 Å². The van der Waals surface area contributed by atoms with Crippen molar-refractivity contribution >= 4 is 64.2 Å². The second-order valence-corrected chi connectivity index (χ2v) is 8.33. The Labute approximate surface area is 149 Å². The number of sulfonamides is 1. The number of anilines is 1. The van der Waals surface area contributed by atoms with E-state index >= 15 is 0 Å². The van der Waals surface area contributed by atoms with Crippen LogP contribution in [0.5, 0.6) is 5.75 Å². The molecule has 0 atom stereocenters. The molecule has 0 saturated heterocycles. The minimum atomic E-state index is -3.80. The van der Waals surface area contributed by atoms with Crippen LogP contribution in [0.15, 0.2) is 39.8 Å². The predicted octanol–water partition coefficient (Wildman–Crippen LogP) is 3.92. The van der Waals surface area contributed by atoms with E-state index in [1.165, 1.54) is 23.6 Å². The number of hydrogen-bond donors (Lipinski definition) is 1. The number of methoxy groups -OCH3 is 1. The van der Waals surface area contributed by atoms with Gasteiger partial charge in [0.1, 0.15) is 15.8 Å². The average Bonchev–Trinajstić information content (AvgIpc) is 2.90. The lowest BCUT2D eigenvalue weighted by molar-refractivity contribution is 0.415. The summed E-state index contributed by atoms with van der Waals surface area (Å²) in [5.41, 5.74) is 0.684. The Balaban J connectivity index is 1.95. The summed E-state index contributed by atoms with van der Waals surface area (Å²) in [5, 5.41) is 0.454. The number of halogens is 2. The molecule has 0 radical (unpaired) electrons. The molecule has 3 rings (SSSR count). The number of hydrogen-bond acceptors (Lipinski definition) is 6. The average molecular weight is 435 g/mol. The van der Waals surface area contributed by atoms with E-state index in [1.54, 1.807) is 25.3 Å². The summed E-state index contributed by atoms with van der Waals surface area (Å²) in [5.74, 6) is 0.682. The summed E-state index contributed by atoms with van der Waals surface area (Å²) in [7, 11) is -2.23. The molecule has 1 aromatic carbocycles. The maximum Gasteiger partial charge on any atom is 0.265 e. The molecular weight excluding hydrogens is 426 g/mol. The van der Waals surface area contributed by atoms with Gasteiger partial charge in [0.15, 0.2) is 5.13 Å². The van der Waals surface area contributed by atoms with Crippen LogP contribution in [0.3, 0.4) is 0 Å². The number of pyridine rings is 1. The molecule has 10 heteroatoms. The van der Waals surface area contributed by atoms with Crippen LogP contribution in [-0.2, 0) is 10.0 Å². The zero-order chi connectivity index (χ0) is 16.6. The van der Waals surface area contributed by atoms with Gasteiger partial charge in [-0.1, -0.05) is 22.9 Å². The van der Waals surface area contributed by atoms with Crippen molar-refractivity contribution in [1.29, 1.82) is 0 Å². The third kappa shape index (κ3) is 3.42. The number of thiazole rings is 1. The quantitative estimate of drug-likeness (QED) is 0.630. The summed E-state index contributed by atoms with van der Waals surface area (Å²) >= 11 is 10.1. The van der Waals surface area contributed by atoms with Crippen LogP contribution in [0.4, 0.5) is 5.13 Å². The highest BCUT2D eigenvalue weighted by Gasteiger charge is 2.18. The highest BCUT2D eigenvalue weighted by atomic mass is 79.9. The van der Waals surface area contributed by atoms with E-state index in [1.807, 2.05) is 0 Å². The lowest BCUT2D eigenvalue weighted by Crippen LogP contribution is -2.13. The molecule has 0 spiro atoms. The number of ether oxygens (including phenoxy) is 1. The summed E-state index contributed by atoms with van der Waals surface area (Å²) in [4.78, 5) is 8.06. The summed E-state index contributed by atoms with van der Waals surface area (Å²) in [6, 6.07) is 6.71. The fraction of sp³-hybridized carbons (Fsp3) is 0.0769. The zero-order valence-corrected chi connectivity index (χ0v) is 15.6. The molecule has 0 bridgehead atoms. The first-order valence-corrected chi connectivity index (χ1v) is 9.64. The van der Waals surface area contributed by atoms with E-state index in [9.17, 15) is 8.42 Å². The smallest absolute Gasteiger partial charge is 0.265 e. The lowest BCUT2D eigenvalue weighted by Gasteiger charge is -2.05. The molecule has 23 heavy (non-hydrogen) atoms. The predicted molar refractivity (Wildman–Crippen MR) is 93.9 cm³/mol. The van der Waals surface area contributed by atoms with E-state index in [0.29, 0.717) is 15.7 Å². The number of fused-ring (bicyclic) bond motifs is 1. The van der Waals surface area contributed by atoms with Crippen LogP contribution in [-0.4, -0.2) is 25.5 Å². The van der Waals surface area contributed by atoms with Crippen LogP contribution in [0.2, 0.25) is 5.15 Å². The third-order valence-electron chi connectivity index (χ3n) is 2.90. The van der Waals surface area contributed by atoms with Gasteiger partial charge in [-0.15, -0.1) is 0 Å². The second kappa shape index (κ2) is 6.23. The maximum atomic E-state index is 12.4. The lowest BCUT2D eigenvalue weighted by atomic mass is 10.3. The first-order valence-electron chi connectivity index (χ1n) is 6.17. The Kier molecular flexibility index (Phi) is 4.45. The van der Waals surface area contributed by atoms with Crippen molar-refractivity contribution in [2.24, 2.45) is 0 Å². The van der Waals surface area contributed by atoms with Crippen molar-refractivity contribution in [2.45, 2.75) is 4.90 Å². The summed E-state index contributed by atoms with van der Waals surface area (Å²) < 4.78 is 33.6. The van der Waals surface area contributed by atoms with Gasteiger partial charge in [0, 0.05) is 6.20 Å². The van der Waals surface area contributed by atoms with Crippen LogP contribution in [0, 0.1) is 0 Å². The van der Waals surface area contributed by atoms with Gasteiger partial charge in [0.2, 0.25) is 0 Å². The minimum Gasteiger partial charge on any atom is -0.497 e. The van der Waals surface area contributed by atoms with Crippen molar-refractivity contribution in [3.05, 3.63) is 40.1 Å². The Morgan fingerprint density at radius 3 is 2.83 bits per heavy atom. The molecule has 1 N–H and O–H groups in total. The van der Waals surface area contributed by atoms with Crippen LogP contribution in [0.25, 0.3) is 10.2 Å². The topological polar surface area (TPSA) is 81.2 Å². The van der Waals surface area contributed by atoms with Crippen molar-refractivity contribution < 1.29 is 13.2 Å². The SMILES string of the molecule is COc1ccc2nc(NS(=O)(=O)c3cnc(Cl)c(Br)c3)sc2c1. The van der Waals surface area contributed by atoms with Crippen LogP contribution < -0.4 is 9.46 Å². The van der Waals surface area contributed by atoms with E-state index in [-0.39, 0.29) is 15.2 Å². The molecule has 0 unspecified atom stereocenters.